The molecule has 0 fully saturated rings. The van der Waals surface area contributed by atoms with E-state index in [4.69, 9.17) is 22.2 Å². The summed E-state index contributed by atoms with van der Waals surface area (Å²) in [7, 11) is 0. The van der Waals surface area contributed by atoms with E-state index in [-0.39, 0.29) is 18.1 Å². The van der Waals surface area contributed by atoms with E-state index >= 15 is 0 Å². The fourth-order valence-corrected chi connectivity index (χ4v) is 1.76. The minimum absolute atomic E-state index is 0.0616. The normalized spacial score (nSPS) is 10.6. The first kappa shape index (κ1) is 15.3. The fraction of sp³-hybridized carbons (Fsp3) is 0.308. The van der Waals surface area contributed by atoms with Crippen LogP contribution in [0.3, 0.4) is 0 Å². The molecule has 0 saturated carbocycles. The number of hydrazine groups is 1. The standard InChI is InChI=1S/C13H17ClN6O/c1-7(2)21-13-18-11(17-12(19-13)20-15)16-10-6-8(3)4-5-9(10)14/h4-7H,15H2,1-3H3,(H2,16,17,18,19,20). The summed E-state index contributed by atoms with van der Waals surface area (Å²) in [4.78, 5) is 12.3. The summed E-state index contributed by atoms with van der Waals surface area (Å²) in [6.07, 6.45) is -0.0616. The first-order chi connectivity index (χ1) is 9.97. The number of halogens is 1. The average molecular weight is 309 g/mol. The molecule has 0 unspecified atom stereocenters. The van der Waals surface area contributed by atoms with Gasteiger partial charge in [0.25, 0.3) is 0 Å². The van der Waals surface area contributed by atoms with Gasteiger partial charge in [-0.2, -0.15) is 15.0 Å². The minimum atomic E-state index is -0.0616. The molecular formula is C13H17ClN6O. The van der Waals surface area contributed by atoms with Crippen LogP contribution >= 0.6 is 11.6 Å². The molecule has 0 amide bonds. The highest BCUT2D eigenvalue weighted by atomic mass is 35.5. The molecule has 0 atom stereocenters. The third kappa shape index (κ3) is 4.17. The molecule has 0 spiro atoms. The fourth-order valence-electron chi connectivity index (χ4n) is 1.60. The Morgan fingerprint density at radius 1 is 1.19 bits per heavy atom. The van der Waals surface area contributed by atoms with Crippen molar-refractivity contribution in [1.29, 1.82) is 0 Å². The van der Waals surface area contributed by atoms with Gasteiger partial charge in [-0.15, -0.1) is 0 Å². The number of nitrogen functional groups attached to an aromatic ring is 1. The van der Waals surface area contributed by atoms with E-state index < -0.39 is 0 Å². The lowest BCUT2D eigenvalue weighted by molar-refractivity contribution is 0.222. The molecule has 0 aliphatic carbocycles. The second-order valence-corrected chi connectivity index (χ2v) is 5.09. The van der Waals surface area contributed by atoms with Gasteiger partial charge in [0, 0.05) is 0 Å². The van der Waals surface area contributed by atoms with Gasteiger partial charge in [0.2, 0.25) is 11.9 Å². The lowest BCUT2D eigenvalue weighted by atomic mass is 10.2. The van der Waals surface area contributed by atoms with Crippen molar-refractivity contribution in [2.75, 3.05) is 10.7 Å². The number of aryl methyl sites for hydroxylation is 1. The molecule has 0 bridgehead atoms. The molecule has 0 aliphatic heterocycles. The van der Waals surface area contributed by atoms with Gasteiger partial charge < -0.3 is 10.1 Å². The molecule has 8 heteroatoms. The Bertz CT molecular complexity index is 634. The molecule has 1 heterocycles. The van der Waals surface area contributed by atoms with E-state index in [0.29, 0.717) is 16.7 Å². The molecule has 21 heavy (non-hydrogen) atoms. The Labute approximate surface area is 127 Å². The maximum atomic E-state index is 6.14. The number of hydrogen-bond acceptors (Lipinski definition) is 7. The van der Waals surface area contributed by atoms with Crippen LogP contribution < -0.4 is 21.3 Å². The molecule has 0 saturated heterocycles. The molecule has 2 rings (SSSR count). The van der Waals surface area contributed by atoms with Crippen LogP contribution in [0, 0.1) is 6.92 Å². The van der Waals surface area contributed by atoms with Crippen molar-refractivity contribution in [2.45, 2.75) is 26.9 Å². The number of benzene rings is 1. The second kappa shape index (κ2) is 6.55. The number of aromatic nitrogens is 3. The second-order valence-electron chi connectivity index (χ2n) is 4.68. The summed E-state index contributed by atoms with van der Waals surface area (Å²) in [5.41, 5.74) is 4.14. The van der Waals surface area contributed by atoms with Crippen molar-refractivity contribution >= 4 is 29.2 Å². The van der Waals surface area contributed by atoms with E-state index in [1.807, 2.05) is 32.9 Å². The van der Waals surface area contributed by atoms with Gasteiger partial charge in [0.1, 0.15) is 0 Å². The van der Waals surface area contributed by atoms with E-state index in [1.54, 1.807) is 6.07 Å². The quantitative estimate of drug-likeness (QED) is 0.577. The Hall–Kier alpha value is -2.12. The van der Waals surface area contributed by atoms with Crippen molar-refractivity contribution in [3.05, 3.63) is 28.8 Å². The smallest absolute Gasteiger partial charge is 0.323 e. The molecular weight excluding hydrogens is 292 g/mol. The molecule has 4 N–H and O–H groups in total. The number of ether oxygens (including phenoxy) is 1. The van der Waals surface area contributed by atoms with Crippen molar-refractivity contribution < 1.29 is 4.74 Å². The number of nitrogens with one attached hydrogen (secondary N) is 2. The van der Waals surface area contributed by atoms with Crippen molar-refractivity contribution in [1.82, 2.24) is 15.0 Å². The highest BCUT2D eigenvalue weighted by Crippen LogP contribution is 2.25. The van der Waals surface area contributed by atoms with Crippen LogP contribution in [0.1, 0.15) is 19.4 Å². The van der Waals surface area contributed by atoms with Crippen molar-refractivity contribution in [3.8, 4) is 6.01 Å². The van der Waals surface area contributed by atoms with Gasteiger partial charge in [-0.1, -0.05) is 17.7 Å². The zero-order valence-electron chi connectivity index (χ0n) is 12.0. The van der Waals surface area contributed by atoms with Crippen LogP contribution in [0.25, 0.3) is 0 Å². The third-order valence-corrected chi connectivity index (χ3v) is 2.78. The summed E-state index contributed by atoms with van der Waals surface area (Å²) < 4.78 is 5.46. The number of anilines is 3. The third-order valence-electron chi connectivity index (χ3n) is 2.45. The van der Waals surface area contributed by atoms with Gasteiger partial charge in [-0.05, 0) is 38.5 Å². The Morgan fingerprint density at radius 2 is 1.90 bits per heavy atom. The number of nitrogens with two attached hydrogens (primary N) is 1. The molecule has 7 nitrogen and oxygen atoms in total. The Balaban J connectivity index is 2.32. The minimum Gasteiger partial charge on any atom is -0.461 e. The first-order valence-corrected chi connectivity index (χ1v) is 6.78. The zero-order chi connectivity index (χ0) is 15.4. The first-order valence-electron chi connectivity index (χ1n) is 6.40. The highest BCUT2D eigenvalue weighted by Gasteiger charge is 2.10. The van der Waals surface area contributed by atoms with Gasteiger partial charge in [-0.25, -0.2) is 5.84 Å². The van der Waals surface area contributed by atoms with Gasteiger partial charge in [-0.3, -0.25) is 5.43 Å². The number of nitrogens with zero attached hydrogens (tertiary/aromatic N) is 3. The number of hydrogen-bond donors (Lipinski definition) is 3. The lowest BCUT2D eigenvalue weighted by Crippen LogP contribution is -2.15. The lowest BCUT2D eigenvalue weighted by Gasteiger charge is -2.12. The molecule has 0 radical (unpaired) electrons. The predicted octanol–water partition coefficient (Wildman–Crippen LogP) is 2.65. The van der Waals surface area contributed by atoms with Gasteiger partial charge in [0.05, 0.1) is 16.8 Å². The van der Waals surface area contributed by atoms with E-state index in [0.717, 1.165) is 5.56 Å². The van der Waals surface area contributed by atoms with Gasteiger partial charge in [0.15, 0.2) is 0 Å². The zero-order valence-corrected chi connectivity index (χ0v) is 12.8. The van der Waals surface area contributed by atoms with Crippen LogP contribution in [-0.4, -0.2) is 21.1 Å². The molecule has 2 aromatic rings. The van der Waals surface area contributed by atoms with Gasteiger partial charge >= 0.3 is 6.01 Å². The molecule has 1 aromatic heterocycles. The van der Waals surface area contributed by atoms with Crippen LogP contribution in [0.2, 0.25) is 5.02 Å². The SMILES string of the molecule is Cc1ccc(Cl)c(Nc2nc(NN)nc(OC(C)C)n2)c1. The largest absolute Gasteiger partial charge is 0.461 e. The summed E-state index contributed by atoms with van der Waals surface area (Å²) in [6, 6.07) is 5.79. The van der Waals surface area contributed by atoms with Crippen molar-refractivity contribution in [2.24, 2.45) is 5.84 Å². The van der Waals surface area contributed by atoms with E-state index in [2.05, 4.69) is 25.7 Å². The predicted molar refractivity (Wildman–Crippen MR) is 82.9 cm³/mol. The number of rotatable bonds is 5. The molecule has 112 valence electrons. The monoisotopic (exact) mass is 308 g/mol. The van der Waals surface area contributed by atoms with Crippen LogP contribution in [0.5, 0.6) is 6.01 Å². The summed E-state index contributed by atoms with van der Waals surface area (Å²) in [5, 5.41) is 3.60. The van der Waals surface area contributed by atoms with E-state index in [1.165, 1.54) is 0 Å². The summed E-state index contributed by atoms with van der Waals surface area (Å²) in [5.74, 6) is 5.85. The Morgan fingerprint density at radius 3 is 2.57 bits per heavy atom. The average Bonchev–Trinajstić information content (AvgIpc) is 2.42. The van der Waals surface area contributed by atoms with Crippen LogP contribution in [0.15, 0.2) is 18.2 Å². The van der Waals surface area contributed by atoms with Crippen LogP contribution in [-0.2, 0) is 0 Å². The van der Waals surface area contributed by atoms with Crippen LogP contribution in [0.4, 0.5) is 17.6 Å². The summed E-state index contributed by atoms with van der Waals surface area (Å²) in [6.45, 7) is 5.73. The summed E-state index contributed by atoms with van der Waals surface area (Å²) >= 11 is 6.14. The highest BCUT2D eigenvalue weighted by molar-refractivity contribution is 6.33. The maximum Gasteiger partial charge on any atom is 0.323 e. The topological polar surface area (TPSA) is 98.0 Å². The molecule has 1 aromatic carbocycles. The van der Waals surface area contributed by atoms with E-state index in [9.17, 15) is 0 Å². The maximum absolute atomic E-state index is 6.14. The Kier molecular flexibility index (Phi) is 4.77. The molecule has 0 aliphatic rings. The van der Waals surface area contributed by atoms with Crippen molar-refractivity contribution in [3.63, 3.8) is 0 Å².